The van der Waals surface area contributed by atoms with Gasteiger partial charge >= 0.3 is 0 Å². The number of hydrogen-bond acceptors (Lipinski definition) is 2. The van der Waals surface area contributed by atoms with Gasteiger partial charge in [0.05, 0.1) is 5.69 Å². The van der Waals surface area contributed by atoms with Crippen LogP contribution in [0.4, 0.5) is 0 Å². The number of nitrogens with zero attached hydrogens (tertiary/aromatic N) is 2. The van der Waals surface area contributed by atoms with Crippen LogP contribution in [0.25, 0.3) is 0 Å². The molecule has 0 amide bonds. The third kappa shape index (κ3) is 2.64. The molecule has 1 aromatic heterocycles. The van der Waals surface area contributed by atoms with Gasteiger partial charge in [0.1, 0.15) is 0 Å². The molecular weight excluding hydrogens is 198 g/mol. The van der Waals surface area contributed by atoms with E-state index in [4.69, 9.17) is 0 Å². The first kappa shape index (κ1) is 11.6. The Kier molecular flexibility index (Phi) is 3.64. The van der Waals surface area contributed by atoms with Crippen LogP contribution in [0.15, 0.2) is 12.3 Å². The van der Waals surface area contributed by atoms with Crippen LogP contribution in [0.3, 0.4) is 0 Å². The lowest BCUT2D eigenvalue weighted by atomic mass is 9.66. The van der Waals surface area contributed by atoms with Crippen molar-refractivity contribution in [3.8, 4) is 0 Å². The molecule has 0 saturated heterocycles. The summed E-state index contributed by atoms with van der Waals surface area (Å²) in [5.74, 6) is 0. The van der Waals surface area contributed by atoms with Crippen LogP contribution in [0, 0.1) is 5.41 Å². The lowest BCUT2D eigenvalue weighted by Gasteiger charge is -2.42. The van der Waals surface area contributed by atoms with Gasteiger partial charge in [-0.3, -0.25) is 4.68 Å². The summed E-state index contributed by atoms with van der Waals surface area (Å²) in [4.78, 5) is 0. The van der Waals surface area contributed by atoms with E-state index in [0.717, 1.165) is 19.5 Å². The van der Waals surface area contributed by atoms with Gasteiger partial charge in [0.25, 0.3) is 0 Å². The molecule has 0 radical (unpaired) electrons. The lowest BCUT2D eigenvalue weighted by Crippen LogP contribution is -2.42. The Bertz CT molecular complexity index is 326. The van der Waals surface area contributed by atoms with Crippen LogP contribution in [-0.4, -0.2) is 22.9 Å². The van der Waals surface area contributed by atoms with E-state index in [1.54, 1.807) is 0 Å². The van der Waals surface area contributed by atoms with E-state index >= 15 is 0 Å². The third-order valence-electron chi connectivity index (χ3n) is 3.67. The SMILES string of the molecule is CCCNCC1(Cc2ccn(C)n2)CCC1. The zero-order valence-electron chi connectivity index (χ0n) is 10.5. The van der Waals surface area contributed by atoms with Crippen molar-refractivity contribution in [1.82, 2.24) is 15.1 Å². The van der Waals surface area contributed by atoms with E-state index in [1.807, 2.05) is 17.9 Å². The summed E-state index contributed by atoms with van der Waals surface area (Å²) in [5.41, 5.74) is 1.75. The molecular formula is C13H23N3. The number of aromatic nitrogens is 2. The Labute approximate surface area is 98.2 Å². The fourth-order valence-electron chi connectivity index (χ4n) is 2.56. The fourth-order valence-corrected chi connectivity index (χ4v) is 2.56. The van der Waals surface area contributed by atoms with Crippen molar-refractivity contribution in [2.75, 3.05) is 13.1 Å². The highest BCUT2D eigenvalue weighted by molar-refractivity contribution is 5.06. The highest BCUT2D eigenvalue weighted by atomic mass is 15.2. The molecule has 0 bridgehead atoms. The van der Waals surface area contributed by atoms with Crippen LogP contribution < -0.4 is 5.32 Å². The van der Waals surface area contributed by atoms with Crippen LogP contribution in [-0.2, 0) is 13.5 Å². The van der Waals surface area contributed by atoms with Gasteiger partial charge in [-0.25, -0.2) is 0 Å². The number of hydrogen-bond donors (Lipinski definition) is 1. The van der Waals surface area contributed by atoms with Crippen molar-refractivity contribution >= 4 is 0 Å². The molecule has 2 rings (SSSR count). The number of rotatable bonds is 6. The second-order valence-electron chi connectivity index (χ2n) is 5.19. The lowest BCUT2D eigenvalue weighted by molar-refractivity contribution is 0.129. The predicted molar refractivity (Wildman–Crippen MR) is 66.4 cm³/mol. The summed E-state index contributed by atoms with van der Waals surface area (Å²) in [6, 6.07) is 2.15. The summed E-state index contributed by atoms with van der Waals surface area (Å²) >= 11 is 0. The van der Waals surface area contributed by atoms with Gasteiger partial charge in [0.2, 0.25) is 0 Å². The largest absolute Gasteiger partial charge is 0.316 e. The molecule has 0 atom stereocenters. The second-order valence-corrected chi connectivity index (χ2v) is 5.19. The Morgan fingerprint density at radius 1 is 1.50 bits per heavy atom. The average Bonchev–Trinajstić information content (AvgIpc) is 2.60. The maximum atomic E-state index is 4.49. The Morgan fingerprint density at radius 2 is 2.31 bits per heavy atom. The van der Waals surface area contributed by atoms with Gasteiger partial charge in [0.15, 0.2) is 0 Å². The van der Waals surface area contributed by atoms with Gasteiger partial charge in [-0.1, -0.05) is 13.3 Å². The van der Waals surface area contributed by atoms with Crippen molar-refractivity contribution in [1.29, 1.82) is 0 Å². The van der Waals surface area contributed by atoms with Gasteiger partial charge < -0.3 is 5.32 Å². The Balaban J connectivity index is 1.89. The highest BCUT2D eigenvalue weighted by Gasteiger charge is 2.37. The molecule has 16 heavy (non-hydrogen) atoms. The predicted octanol–water partition coefficient (Wildman–Crippen LogP) is 2.13. The molecule has 1 saturated carbocycles. The molecule has 1 aliphatic rings. The molecule has 1 heterocycles. The molecule has 1 fully saturated rings. The van der Waals surface area contributed by atoms with Gasteiger partial charge in [-0.05, 0) is 43.7 Å². The minimum Gasteiger partial charge on any atom is -0.316 e. The first-order chi connectivity index (χ1) is 7.74. The van der Waals surface area contributed by atoms with Crippen molar-refractivity contribution in [2.24, 2.45) is 12.5 Å². The van der Waals surface area contributed by atoms with Crippen LogP contribution in [0.1, 0.15) is 38.3 Å². The first-order valence-corrected chi connectivity index (χ1v) is 6.43. The fraction of sp³-hybridized carbons (Fsp3) is 0.769. The molecule has 1 N–H and O–H groups in total. The summed E-state index contributed by atoms with van der Waals surface area (Å²) in [6.45, 7) is 4.53. The van der Waals surface area contributed by atoms with E-state index in [9.17, 15) is 0 Å². The zero-order chi connectivity index (χ0) is 11.4. The van der Waals surface area contributed by atoms with Crippen LogP contribution >= 0.6 is 0 Å². The van der Waals surface area contributed by atoms with E-state index < -0.39 is 0 Å². The topological polar surface area (TPSA) is 29.9 Å². The van der Waals surface area contributed by atoms with E-state index in [1.165, 1.54) is 31.4 Å². The maximum Gasteiger partial charge on any atom is 0.0630 e. The normalized spacial score (nSPS) is 18.4. The van der Waals surface area contributed by atoms with E-state index in [-0.39, 0.29) is 0 Å². The summed E-state index contributed by atoms with van der Waals surface area (Å²) in [7, 11) is 1.99. The number of aryl methyl sites for hydroxylation is 1. The van der Waals surface area contributed by atoms with Gasteiger partial charge in [0, 0.05) is 19.8 Å². The van der Waals surface area contributed by atoms with E-state index in [0.29, 0.717) is 5.41 Å². The van der Waals surface area contributed by atoms with Crippen LogP contribution in [0.5, 0.6) is 0 Å². The molecule has 0 aromatic carbocycles. The van der Waals surface area contributed by atoms with Crippen molar-refractivity contribution < 1.29 is 0 Å². The minimum atomic E-state index is 0.503. The summed E-state index contributed by atoms with van der Waals surface area (Å²) in [5, 5.41) is 8.06. The average molecular weight is 221 g/mol. The highest BCUT2D eigenvalue weighted by Crippen LogP contribution is 2.42. The van der Waals surface area contributed by atoms with Gasteiger partial charge in [-0.2, -0.15) is 5.10 Å². The third-order valence-corrected chi connectivity index (χ3v) is 3.67. The standard InChI is InChI=1S/C13H23N3/c1-3-8-14-11-13(6-4-7-13)10-12-5-9-16(2)15-12/h5,9,14H,3-4,6-8,10-11H2,1-2H3. The molecule has 0 unspecified atom stereocenters. The minimum absolute atomic E-state index is 0.503. The monoisotopic (exact) mass is 221 g/mol. The van der Waals surface area contributed by atoms with Crippen molar-refractivity contribution in [3.05, 3.63) is 18.0 Å². The Hall–Kier alpha value is -0.830. The maximum absolute atomic E-state index is 4.49. The summed E-state index contributed by atoms with van der Waals surface area (Å²) < 4.78 is 1.90. The smallest absolute Gasteiger partial charge is 0.0630 e. The number of nitrogens with one attached hydrogen (secondary N) is 1. The van der Waals surface area contributed by atoms with E-state index in [2.05, 4.69) is 23.4 Å². The zero-order valence-corrected chi connectivity index (χ0v) is 10.5. The van der Waals surface area contributed by atoms with Crippen LogP contribution in [0.2, 0.25) is 0 Å². The summed E-state index contributed by atoms with van der Waals surface area (Å²) in [6.07, 6.45) is 8.52. The first-order valence-electron chi connectivity index (χ1n) is 6.43. The molecule has 0 aliphatic heterocycles. The Morgan fingerprint density at radius 3 is 2.81 bits per heavy atom. The van der Waals surface area contributed by atoms with Gasteiger partial charge in [-0.15, -0.1) is 0 Å². The second kappa shape index (κ2) is 5.00. The van der Waals surface area contributed by atoms with Crippen molar-refractivity contribution in [3.63, 3.8) is 0 Å². The molecule has 90 valence electrons. The van der Waals surface area contributed by atoms with Crippen molar-refractivity contribution in [2.45, 2.75) is 39.0 Å². The molecule has 1 aliphatic carbocycles. The molecule has 1 aromatic rings. The molecule has 3 nitrogen and oxygen atoms in total. The quantitative estimate of drug-likeness (QED) is 0.746. The molecule has 3 heteroatoms. The molecule has 0 spiro atoms.